The summed E-state index contributed by atoms with van der Waals surface area (Å²) in [7, 11) is 6.40. The molecule has 1 aromatic heterocycles. The molecule has 0 saturated heterocycles. The summed E-state index contributed by atoms with van der Waals surface area (Å²) >= 11 is 0. The van der Waals surface area contributed by atoms with Crippen LogP contribution in [0, 0.1) is 19.8 Å². The Balaban J connectivity index is 2.30. The van der Waals surface area contributed by atoms with Gasteiger partial charge < -0.3 is 19.1 Å². The fourth-order valence-electron chi connectivity index (χ4n) is 3.19. The van der Waals surface area contributed by atoms with Crippen LogP contribution in [0.2, 0.25) is 0 Å². The SMILES string of the molecule is COc1cc(N(C)C(=O)Cc2c(C)nn(CC(C)C)c2C)cc(OC)c1OC. The van der Waals surface area contributed by atoms with Crippen LogP contribution in [0.4, 0.5) is 5.69 Å². The number of hydrogen-bond donors (Lipinski definition) is 0. The number of amides is 1. The second-order valence-corrected chi connectivity index (χ2v) is 7.24. The maximum Gasteiger partial charge on any atom is 0.231 e. The van der Waals surface area contributed by atoms with Crippen molar-refractivity contribution >= 4 is 11.6 Å². The number of benzene rings is 1. The van der Waals surface area contributed by atoms with Gasteiger partial charge in [0.25, 0.3) is 0 Å². The molecule has 0 bridgehead atoms. The third kappa shape index (κ3) is 4.40. The first kappa shape index (κ1) is 21.6. The van der Waals surface area contributed by atoms with Crippen molar-refractivity contribution in [3.63, 3.8) is 0 Å². The van der Waals surface area contributed by atoms with Gasteiger partial charge in [-0.1, -0.05) is 13.8 Å². The number of ether oxygens (including phenoxy) is 3. The molecule has 0 spiro atoms. The highest BCUT2D eigenvalue weighted by Crippen LogP contribution is 2.40. The smallest absolute Gasteiger partial charge is 0.231 e. The summed E-state index contributed by atoms with van der Waals surface area (Å²) in [6.45, 7) is 9.11. The zero-order valence-corrected chi connectivity index (χ0v) is 18.1. The molecule has 1 aromatic carbocycles. The number of methoxy groups -OCH3 is 3. The van der Waals surface area contributed by atoms with Crippen LogP contribution in [-0.2, 0) is 17.8 Å². The molecular weight excluding hydrogens is 358 g/mol. The Kier molecular flexibility index (Phi) is 6.94. The van der Waals surface area contributed by atoms with E-state index in [0.717, 1.165) is 23.5 Å². The summed E-state index contributed by atoms with van der Waals surface area (Å²) in [5, 5.41) is 4.60. The van der Waals surface area contributed by atoms with Gasteiger partial charge in [-0.05, 0) is 19.8 Å². The van der Waals surface area contributed by atoms with E-state index >= 15 is 0 Å². The summed E-state index contributed by atoms with van der Waals surface area (Å²) in [5.41, 5.74) is 3.58. The van der Waals surface area contributed by atoms with Crippen molar-refractivity contribution in [2.24, 2.45) is 5.92 Å². The average Bonchev–Trinajstić information content (AvgIpc) is 2.92. The third-order valence-electron chi connectivity index (χ3n) is 4.81. The predicted octanol–water partition coefficient (Wildman–Crippen LogP) is 3.39. The van der Waals surface area contributed by atoms with Gasteiger partial charge in [-0.2, -0.15) is 5.10 Å². The van der Waals surface area contributed by atoms with Crippen molar-refractivity contribution in [3.8, 4) is 17.2 Å². The van der Waals surface area contributed by atoms with Crippen molar-refractivity contribution in [2.45, 2.75) is 40.7 Å². The number of hydrogen-bond acceptors (Lipinski definition) is 5. The van der Waals surface area contributed by atoms with Crippen LogP contribution < -0.4 is 19.1 Å². The predicted molar refractivity (Wildman–Crippen MR) is 110 cm³/mol. The summed E-state index contributed by atoms with van der Waals surface area (Å²) < 4.78 is 18.1. The van der Waals surface area contributed by atoms with Crippen LogP contribution in [0.1, 0.15) is 30.8 Å². The topological polar surface area (TPSA) is 65.8 Å². The lowest BCUT2D eigenvalue weighted by Gasteiger charge is -2.21. The van der Waals surface area contributed by atoms with E-state index in [1.165, 1.54) is 0 Å². The Hall–Kier alpha value is -2.70. The monoisotopic (exact) mass is 389 g/mol. The molecule has 0 atom stereocenters. The van der Waals surface area contributed by atoms with E-state index in [1.54, 1.807) is 45.4 Å². The fraction of sp³-hybridized carbons (Fsp3) is 0.524. The Morgan fingerprint density at radius 1 is 1.11 bits per heavy atom. The molecule has 7 heteroatoms. The van der Waals surface area contributed by atoms with Crippen molar-refractivity contribution in [2.75, 3.05) is 33.3 Å². The van der Waals surface area contributed by atoms with Gasteiger partial charge in [-0.25, -0.2) is 0 Å². The second-order valence-electron chi connectivity index (χ2n) is 7.24. The first-order valence-corrected chi connectivity index (χ1v) is 9.32. The van der Waals surface area contributed by atoms with Crippen molar-refractivity contribution < 1.29 is 19.0 Å². The van der Waals surface area contributed by atoms with Crippen LogP contribution in [0.15, 0.2) is 12.1 Å². The van der Waals surface area contributed by atoms with Crippen LogP contribution in [0.3, 0.4) is 0 Å². The lowest BCUT2D eigenvalue weighted by molar-refractivity contribution is -0.117. The minimum Gasteiger partial charge on any atom is -0.493 e. The van der Waals surface area contributed by atoms with Gasteiger partial charge >= 0.3 is 0 Å². The van der Waals surface area contributed by atoms with Gasteiger partial charge in [0.15, 0.2) is 11.5 Å². The Morgan fingerprint density at radius 2 is 1.68 bits per heavy atom. The molecule has 0 fully saturated rings. The maximum absolute atomic E-state index is 13.0. The maximum atomic E-state index is 13.0. The second kappa shape index (κ2) is 8.99. The zero-order chi connectivity index (χ0) is 21.0. The molecule has 1 heterocycles. The molecule has 2 rings (SSSR count). The molecule has 28 heavy (non-hydrogen) atoms. The minimum absolute atomic E-state index is 0.0374. The number of likely N-dealkylation sites (N-methyl/N-ethyl adjacent to an activating group) is 1. The highest BCUT2D eigenvalue weighted by atomic mass is 16.5. The normalized spacial score (nSPS) is 10.9. The van der Waals surface area contributed by atoms with E-state index in [9.17, 15) is 4.79 Å². The van der Waals surface area contributed by atoms with Gasteiger partial charge in [0, 0.05) is 37.0 Å². The van der Waals surface area contributed by atoms with E-state index in [1.807, 2.05) is 18.5 Å². The van der Waals surface area contributed by atoms with Crippen LogP contribution in [0.25, 0.3) is 0 Å². The van der Waals surface area contributed by atoms with Crippen molar-refractivity contribution in [1.82, 2.24) is 9.78 Å². The number of rotatable bonds is 8. The number of carbonyl (C=O) groups is 1. The fourth-order valence-corrected chi connectivity index (χ4v) is 3.19. The van der Waals surface area contributed by atoms with E-state index in [-0.39, 0.29) is 12.3 Å². The summed E-state index contributed by atoms with van der Waals surface area (Å²) in [6.07, 6.45) is 0.281. The third-order valence-corrected chi connectivity index (χ3v) is 4.81. The molecule has 0 aliphatic heterocycles. The van der Waals surface area contributed by atoms with Crippen LogP contribution in [-0.4, -0.2) is 44.1 Å². The van der Waals surface area contributed by atoms with Crippen LogP contribution >= 0.6 is 0 Å². The highest BCUT2D eigenvalue weighted by molar-refractivity contribution is 5.95. The molecule has 0 aliphatic carbocycles. The van der Waals surface area contributed by atoms with Crippen molar-refractivity contribution in [3.05, 3.63) is 29.1 Å². The zero-order valence-electron chi connectivity index (χ0n) is 18.1. The summed E-state index contributed by atoms with van der Waals surface area (Å²) in [4.78, 5) is 14.6. The molecule has 2 aromatic rings. The number of nitrogens with zero attached hydrogens (tertiary/aromatic N) is 3. The average molecular weight is 389 g/mol. The lowest BCUT2D eigenvalue weighted by atomic mass is 10.1. The van der Waals surface area contributed by atoms with Crippen molar-refractivity contribution in [1.29, 1.82) is 0 Å². The van der Waals surface area contributed by atoms with E-state index < -0.39 is 0 Å². The first-order chi connectivity index (χ1) is 13.2. The summed E-state index contributed by atoms with van der Waals surface area (Å²) in [5.74, 6) is 1.96. The minimum atomic E-state index is -0.0374. The Bertz CT molecular complexity index is 817. The number of aromatic nitrogens is 2. The molecule has 154 valence electrons. The quantitative estimate of drug-likeness (QED) is 0.692. The number of anilines is 1. The van der Waals surface area contributed by atoms with Gasteiger partial charge in [0.2, 0.25) is 11.7 Å². The standard InChI is InChI=1S/C21H31N3O4/c1-13(2)12-24-15(4)17(14(3)22-24)11-20(25)23(5)16-9-18(26-6)21(28-8)19(10-16)27-7/h9-10,13H,11-12H2,1-8H3. The molecule has 0 unspecified atom stereocenters. The number of aryl methyl sites for hydroxylation is 1. The molecule has 7 nitrogen and oxygen atoms in total. The van der Waals surface area contributed by atoms with E-state index in [4.69, 9.17) is 14.2 Å². The lowest BCUT2D eigenvalue weighted by Crippen LogP contribution is -2.28. The van der Waals surface area contributed by atoms with Crippen LogP contribution in [0.5, 0.6) is 17.2 Å². The molecular formula is C21H31N3O4. The van der Waals surface area contributed by atoms with Gasteiger partial charge in [0.05, 0.1) is 39.1 Å². The molecule has 0 aliphatic rings. The molecule has 1 amide bonds. The van der Waals surface area contributed by atoms with E-state index in [0.29, 0.717) is 28.9 Å². The van der Waals surface area contributed by atoms with E-state index in [2.05, 4.69) is 18.9 Å². The van der Waals surface area contributed by atoms with Gasteiger partial charge in [0.1, 0.15) is 0 Å². The largest absolute Gasteiger partial charge is 0.493 e. The Labute approximate surface area is 167 Å². The highest BCUT2D eigenvalue weighted by Gasteiger charge is 2.21. The molecule has 0 radical (unpaired) electrons. The molecule has 0 N–H and O–H groups in total. The van der Waals surface area contributed by atoms with Gasteiger partial charge in [-0.3, -0.25) is 9.48 Å². The first-order valence-electron chi connectivity index (χ1n) is 9.32. The Morgan fingerprint density at radius 3 is 2.14 bits per heavy atom. The molecule has 0 saturated carbocycles. The number of carbonyl (C=O) groups excluding carboxylic acids is 1. The van der Waals surface area contributed by atoms with Gasteiger partial charge in [-0.15, -0.1) is 0 Å². The summed E-state index contributed by atoms with van der Waals surface area (Å²) in [6, 6.07) is 3.53.